The molecule has 0 radical (unpaired) electrons. The average Bonchev–Trinajstić information content (AvgIpc) is 2.98. The van der Waals surface area contributed by atoms with Crippen LogP contribution in [0.15, 0.2) is 29.6 Å². The molecule has 2 aromatic rings. The van der Waals surface area contributed by atoms with Crippen LogP contribution in [0.2, 0.25) is 0 Å². The smallest absolute Gasteiger partial charge is 0.253 e. The standard InChI is InChI=1S/C18H25N3OS/c1-12(2)16(19)8-9-21(4)18(22)15-7-5-6-14(10-15)17-11-23-13(3)20-17/h5-7,10-12,16H,8-9,19H2,1-4H3. The van der Waals surface area contributed by atoms with E-state index in [1.54, 1.807) is 16.2 Å². The zero-order valence-electron chi connectivity index (χ0n) is 14.2. The first-order valence-corrected chi connectivity index (χ1v) is 8.80. The monoisotopic (exact) mass is 331 g/mol. The molecular weight excluding hydrogens is 306 g/mol. The van der Waals surface area contributed by atoms with Crippen molar-refractivity contribution in [2.24, 2.45) is 11.7 Å². The first kappa shape index (κ1) is 17.6. The maximum Gasteiger partial charge on any atom is 0.253 e. The predicted octanol–water partition coefficient (Wildman–Crippen LogP) is 3.56. The normalized spacial score (nSPS) is 12.4. The molecule has 0 saturated heterocycles. The minimum Gasteiger partial charge on any atom is -0.342 e. The van der Waals surface area contributed by atoms with E-state index in [9.17, 15) is 4.79 Å². The van der Waals surface area contributed by atoms with Crippen LogP contribution in [0.5, 0.6) is 0 Å². The highest BCUT2D eigenvalue weighted by atomic mass is 32.1. The molecule has 1 atom stereocenters. The van der Waals surface area contributed by atoms with Crippen LogP contribution in [0.1, 0.15) is 35.6 Å². The summed E-state index contributed by atoms with van der Waals surface area (Å²) in [6, 6.07) is 7.78. The van der Waals surface area contributed by atoms with Crippen LogP contribution in [0.4, 0.5) is 0 Å². The number of nitrogens with zero attached hydrogens (tertiary/aromatic N) is 2. The van der Waals surface area contributed by atoms with Crippen molar-refractivity contribution in [2.75, 3.05) is 13.6 Å². The van der Waals surface area contributed by atoms with E-state index in [1.165, 1.54) is 0 Å². The van der Waals surface area contributed by atoms with Gasteiger partial charge in [0.15, 0.2) is 0 Å². The number of thiazole rings is 1. The summed E-state index contributed by atoms with van der Waals surface area (Å²) in [5, 5.41) is 3.04. The number of benzene rings is 1. The molecular formula is C18H25N3OS. The van der Waals surface area contributed by atoms with E-state index in [0.29, 0.717) is 18.0 Å². The van der Waals surface area contributed by atoms with Gasteiger partial charge in [0.05, 0.1) is 10.7 Å². The van der Waals surface area contributed by atoms with Crippen LogP contribution in [-0.4, -0.2) is 35.4 Å². The average molecular weight is 331 g/mol. The van der Waals surface area contributed by atoms with Crippen molar-refractivity contribution in [1.29, 1.82) is 0 Å². The van der Waals surface area contributed by atoms with Crippen LogP contribution in [-0.2, 0) is 0 Å². The SMILES string of the molecule is Cc1nc(-c2cccc(C(=O)N(C)CCC(N)C(C)C)c2)cs1. The zero-order valence-corrected chi connectivity index (χ0v) is 15.1. The van der Waals surface area contributed by atoms with Gasteiger partial charge in [-0.3, -0.25) is 4.79 Å². The molecule has 5 heteroatoms. The fraction of sp³-hybridized carbons (Fsp3) is 0.444. The van der Waals surface area contributed by atoms with Gasteiger partial charge in [0.1, 0.15) is 0 Å². The van der Waals surface area contributed by atoms with Crippen LogP contribution in [0.3, 0.4) is 0 Å². The highest BCUT2D eigenvalue weighted by molar-refractivity contribution is 7.09. The molecule has 1 heterocycles. The molecule has 0 spiro atoms. The molecule has 124 valence electrons. The number of rotatable bonds is 6. The van der Waals surface area contributed by atoms with E-state index >= 15 is 0 Å². The number of amides is 1. The second-order valence-electron chi connectivity index (χ2n) is 6.26. The number of nitrogens with two attached hydrogens (primary N) is 1. The lowest BCUT2D eigenvalue weighted by molar-refractivity contribution is 0.0789. The highest BCUT2D eigenvalue weighted by Crippen LogP contribution is 2.22. The Bertz CT molecular complexity index is 666. The van der Waals surface area contributed by atoms with Crippen molar-refractivity contribution in [3.05, 3.63) is 40.2 Å². The van der Waals surface area contributed by atoms with Gasteiger partial charge in [-0.15, -0.1) is 11.3 Å². The van der Waals surface area contributed by atoms with Crippen molar-refractivity contribution in [2.45, 2.75) is 33.2 Å². The second-order valence-corrected chi connectivity index (χ2v) is 7.32. The maximum atomic E-state index is 12.6. The molecule has 4 nitrogen and oxygen atoms in total. The summed E-state index contributed by atoms with van der Waals surface area (Å²) in [4.78, 5) is 18.8. The summed E-state index contributed by atoms with van der Waals surface area (Å²) in [5.74, 6) is 0.449. The molecule has 0 saturated carbocycles. The Kier molecular flexibility index (Phi) is 5.91. The molecule has 0 aliphatic carbocycles. The molecule has 0 fully saturated rings. The second kappa shape index (κ2) is 7.70. The van der Waals surface area contributed by atoms with Gasteiger partial charge in [0.2, 0.25) is 0 Å². The summed E-state index contributed by atoms with van der Waals surface area (Å²) in [5.41, 5.74) is 8.65. The van der Waals surface area contributed by atoms with Crippen molar-refractivity contribution >= 4 is 17.2 Å². The van der Waals surface area contributed by atoms with E-state index in [4.69, 9.17) is 5.73 Å². The first-order valence-electron chi connectivity index (χ1n) is 7.92. The Hall–Kier alpha value is -1.72. The van der Waals surface area contributed by atoms with Gasteiger partial charge in [-0.05, 0) is 31.4 Å². The topological polar surface area (TPSA) is 59.2 Å². The molecule has 1 unspecified atom stereocenters. The van der Waals surface area contributed by atoms with Gasteiger partial charge in [0, 0.05) is 36.1 Å². The van der Waals surface area contributed by atoms with E-state index in [2.05, 4.69) is 18.8 Å². The Balaban J connectivity index is 2.07. The first-order chi connectivity index (χ1) is 10.9. The number of hydrogen-bond acceptors (Lipinski definition) is 4. The summed E-state index contributed by atoms with van der Waals surface area (Å²) in [7, 11) is 1.83. The number of aryl methyl sites for hydroxylation is 1. The third kappa shape index (κ3) is 4.62. The molecule has 2 N–H and O–H groups in total. The van der Waals surface area contributed by atoms with Crippen LogP contribution < -0.4 is 5.73 Å². The van der Waals surface area contributed by atoms with E-state index in [0.717, 1.165) is 22.7 Å². The summed E-state index contributed by atoms with van der Waals surface area (Å²) in [6.45, 7) is 6.85. The fourth-order valence-electron chi connectivity index (χ4n) is 2.31. The summed E-state index contributed by atoms with van der Waals surface area (Å²) in [6.07, 6.45) is 0.810. The van der Waals surface area contributed by atoms with Gasteiger partial charge in [0.25, 0.3) is 5.91 Å². The third-order valence-corrected chi connectivity index (χ3v) is 4.80. The third-order valence-electron chi connectivity index (χ3n) is 4.03. The van der Waals surface area contributed by atoms with Crippen molar-refractivity contribution < 1.29 is 4.79 Å². The minimum atomic E-state index is 0.0229. The number of carbonyl (C=O) groups is 1. The van der Waals surface area contributed by atoms with E-state index in [1.807, 2.05) is 43.6 Å². The van der Waals surface area contributed by atoms with E-state index < -0.39 is 0 Å². The van der Waals surface area contributed by atoms with Gasteiger partial charge in [-0.2, -0.15) is 0 Å². The summed E-state index contributed by atoms with van der Waals surface area (Å²) >= 11 is 1.61. The molecule has 0 aliphatic rings. The van der Waals surface area contributed by atoms with Crippen molar-refractivity contribution in [3.63, 3.8) is 0 Å². The van der Waals surface area contributed by atoms with E-state index in [-0.39, 0.29) is 11.9 Å². The predicted molar refractivity (Wildman–Crippen MR) is 96.7 cm³/mol. The minimum absolute atomic E-state index is 0.0229. The lowest BCUT2D eigenvalue weighted by atomic mass is 10.0. The number of carbonyl (C=O) groups excluding carboxylic acids is 1. The molecule has 1 aromatic heterocycles. The Labute approximate surface area is 142 Å². The van der Waals surface area contributed by atoms with Gasteiger partial charge >= 0.3 is 0 Å². The molecule has 1 amide bonds. The molecule has 0 aliphatic heterocycles. The largest absolute Gasteiger partial charge is 0.342 e. The molecule has 1 aromatic carbocycles. The molecule has 2 rings (SSSR count). The van der Waals surface area contributed by atoms with Crippen molar-refractivity contribution in [3.8, 4) is 11.3 Å². The number of hydrogen-bond donors (Lipinski definition) is 1. The van der Waals surface area contributed by atoms with Gasteiger partial charge in [-0.1, -0.05) is 26.0 Å². The number of aromatic nitrogens is 1. The Morgan fingerprint density at radius 2 is 2.13 bits per heavy atom. The summed E-state index contributed by atoms with van der Waals surface area (Å²) < 4.78 is 0. The fourth-order valence-corrected chi connectivity index (χ4v) is 2.93. The Morgan fingerprint density at radius 1 is 1.39 bits per heavy atom. The van der Waals surface area contributed by atoms with Crippen LogP contribution in [0, 0.1) is 12.8 Å². The lowest BCUT2D eigenvalue weighted by Crippen LogP contribution is -2.34. The maximum absolute atomic E-state index is 12.6. The van der Waals surface area contributed by atoms with Gasteiger partial charge < -0.3 is 10.6 Å². The highest BCUT2D eigenvalue weighted by Gasteiger charge is 2.15. The van der Waals surface area contributed by atoms with Crippen LogP contribution in [0.25, 0.3) is 11.3 Å². The zero-order chi connectivity index (χ0) is 17.0. The lowest BCUT2D eigenvalue weighted by Gasteiger charge is -2.21. The van der Waals surface area contributed by atoms with Crippen LogP contribution >= 0.6 is 11.3 Å². The Morgan fingerprint density at radius 3 is 2.74 bits per heavy atom. The molecule has 0 bridgehead atoms. The van der Waals surface area contributed by atoms with Gasteiger partial charge in [-0.25, -0.2) is 4.98 Å². The molecule has 23 heavy (non-hydrogen) atoms. The quantitative estimate of drug-likeness (QED) is 0.880. The van der Waals surface area contributed by atoms with Crippen molar-refractivity contribution in [1.82, 2.24) is 9.88 Å².